The number of hydrogen-bond acceptors (Lipinski definition) is 5. The van der Waals surface area contributed by atoms with Crippen molar-refractivity contribution in [1.82, 2.24) is 25.1 Å². The van der Waals surface area contributed by atoms with Gasteiger partial charge in [0.15, 0.2) is 0 Å². The Morgan fingerprint density at radius 1 is 1.14 bits per heavy atom. The molecule has 8 nitrogen and oxygen atoms in total. The van der Waals surface area contributed by atoms with E-state index in [1.165, 1.54) is 0 Å². The molecular weight excluding hydrogens is 454 g/mol. The van der Waals surface area contributed by atoms with Gasteiger partial charge in [0.2, 0.25) is 5.91 Å². The van der Waals surface area contributed by atoms with Crippen molar-refractivity contribution in [3.8, 4) is 16.9 Å². The van der Waals surface area contributed by atoms with Crippen molar-refractivity contribution in [3.05, 3.63) is 59.6 Å². The molecule has 0 saturated heterocycles. The number of aromatic nitrogens is 2. The van der Waals surface area contributed by atoms with E-state index in [-0.39, 0.29) is 17.4 Å². The van der Waals surface area contributed by atoms with E-state index in [0.29, 0.717) is 31.8 Å². The molecule has 2 aliphatic heterocycles. The predicted octanol–water partition coefficient (Wildman–Crippen LogP) is 3.76. The molecule has 2 N–H and O–H groups in total. The van der Waals surface area contributed by atoms with E-state index >= 15 is 0 Å². The number of carbonyl (C=O) groups excluding carboxylic acids is 2. The average molecular weight is 488 g/mol. The maximum atomic E-state index is 13.6. The topological polar surface area (TPSA) is 90.6 Å². The summed E-state index contributed by atoms with van der Waals surface area (Å²) in [5, 5.41) is 2.99. The summed E-state index contributed by atoms with van der Waals surface area (Å²) in [5.74, 6) is 1.54. The lowest BCUT2D eigenvalue weighted by Gasteiger charge is -2.30. The highest BCUT2D eigenvalue weighted by atomic mass is 16.5. The van der Waals surface area contributed by atoms with Gasteiger partial charge in [0.1, 0.15) is 24.2 Å². The third-order valence-corrected chi connectivity index (χ3v) is 6.67. The van der Waals surface area contributed by atoms with Crippen LogP contribution in [0.3, 0.4) is 0 Å². The number of nitrogens with zero attached hydrogens (tertiary/aromatic N) is 3. The molecule has 1 unspecified atom stereocenters. The number of likely N-dealkylation sites (N-methyl/N-ethyl adjacent to an activating group) is 1. The van der Waals surface area contributed by atoms with E-state index < -0.39 is 6.04 Å². The third-order valence-electron chi connectivity index (χ3n) is 6.67. The second-order valence-corrected chi connectivity index (χ2v) is 10.6. The minimum absolute atomic E-state index is 0.00326. The van der Waals surface area contributed by atoms with Crippen LogP contribution in [0, 0.1) is 6.92 Å². The minimum Gasteiger partial charge on any atom is -0.491 e. The fourth-order valence-corrected chi connectivity index (χ4v) is 4.91. The molecule has 8 heteroatoms. The Morgan fingerprint density at radius 2 is 1.89 bits per heavy atom. The lowest BCUT2D eigenvalue weighted by atomic mass is 10.0. The zero-order chi connectivity index (χ0) is 25.6. The van der Waals surface area contributed by atoms with Crippen molar-refractivity contribution < 1.29 is 14.3 Å². The summed E-state index contributed by atoms with van der Waals surface area (Å²) in [5.41, 5.74) is 5.24. The number of benzene rings is 2. The molecule has 0 radical (unpaired) electrons. The summed E-state index contributed by atoms with van der Waals surface area (Å²) in [4.78, 5) is 37.7. The number of fused-ring (bicyclic) bond motifs is 2. The number of amides is 2. The van der Waals surface area contributed by atoms with Crippen LogP contribution in [-0.2, 0) is 16.1 Å². The number of hydrogen-bond donors (Lipinski definition) is 2. The van der Waals surface area contributed by atoms with Gasteiger partial charge in [-0.15, -0.1) is 0 Å². The molecule has 1 atom stereocenters. The Morgan fingerprint density at radius 3 is 2.67 bits per heavy atom. The van der Waals surface area contributed by atoms with Crippen LogP contribution in [0.1, 0.15) is 38.6 Å². The predicted molar refractivity (Wildman–Crippen MR) is 139 cm³/mol. The first-order valence-corrected chi connectivity index (χ1v) is 12.4. The van der Waals surface area contributed by atoms with Gasteiger partial charge in [0.25, 0.3) is 5.91 Å². The van der Waals surface area contributed by atoms with E-state index in [2.05, 4.69) is 39.6 Å². The summed E-state index contributed by atoms with van der Waals surface area (Å²) in [6, 6.07) is 11.9. The highest BCUT2D eigenvalue weighted by Gasteiger charge is 2.36. The molecule has 3 heterocycles. The summed E-state index contributed by atoms with van der Waals surface area (Å²) in [6.45, 7) is 9.17. The monoisotopic (exact) mass is 487 g/mol. The maximum Gasteiger partial charge on any atom is 0.267 e. The Balaban J connectivity index is 1.34. The number of imidazole rings is 1. The second kappa shape index (κ2) is 9.00. The highest BCUT2D eigenvalue weighted by Crippen LogP contribution is 2.32. The summed E-state index contributed by atoms with van der Waals surface area (Å²) in [6.07, 6.45) is 2.37. The first kappa shape index (κ1) is 23.9. The van der Waals surface area contributed by atoms with Crippen molar-refractivity contribution in [2.45, 2.75) is 52.2 Å². The lowest BCUT2D eigenvalue weighted by Crippen LogP contribution is -2.48. The van der Waals surface area contributed by atoms with Gasteiger partial charge in [-0.2, -0.15) is 0 Å². The SMILES string of the molecule is Cc1nc2ccc(-c3ccc4c(c3)CN(C(=O)C3CC=C(C(=O)NC(C)(C)C)N3C)CCO4)cc2[nH]1. The summed E-state index contributed by atoms with van der Waals surface area (Å²) < 4.78 is 6.00. The van der Waals surface area contributed by atoms with E-state index in [1.807, 2.05) is 57.9 Å². The Labute approximate surface area is 211 Å². The number of ether oxygens (including phenoxy) is 1. The number of rotatable bonds is 3. The normalized spacial score (nSPS) is 17.9. The molecule has 0 spiro atoms. The zero-order valence-electron chi connectivity index (χ0n) is 21.5. The van der Waals surface area contributed by atoms with Gasteiger partial charge in [-0.05, 0) is 69.5 Å². The molecule has 188 valence electrons. The van der Waals surface area contributed by atoms with Crippen molar-refractivity contribution >= 4 is 22.8 Å². The molecule has 5 rings (SSSR count). The third kappa shape index (κ3) is 4.67. The lowest BCUT2D eigenvalue weighted by molar-refractivity contribution is -0.136. The molecule has 0 aliphatic carbocycles. The van der Waals surface area contributed by atoms with Crippen LogP contribution in [0.15, 0.2) is 48.2 Å². The smallest absolute Gasteiger partial charge is 0.267 e. The zero-order valence-corrected chi connectivity index (χ0v) is 21.5. The van der Waals surface area contributed by atoms with Crippen molar-refractivity contribution in [3.63, 3.8) is 0 Å². The quantitative estimate of drug-likeness (QED) is 0.587. The first-order chi connectivity index (χ1) is 17.1. The summed E-state index contributed by atoms with van der Waals surface area (Å²) in [7, 11) is 1.82. The number of aromatic amines is 1. The standard InChI is InChI=1S/C28H33N5O3/c1-17-29-21-8-6-19(15-22(21)30-17)18-7-11-25-20(14-18)16-33(12-13-36-25)27(35)24-10-9-23(32(24)5)26(34)31-28(2,3)4/h6-9,11,14-15,24H,10,12-13,16H2,1-5H3,(H,29,30)(H,31,34). The Kier molecular flexibility index (Phi) is 5.98. The Bertz CT molecular complexity index is 1370. The van der Waals surface area contributed by atoms with E-state index in [4.69, 9.17) is 4.74 Å². The van der Waals surface area contributed by atoms with Crippen LogP contribution in [-0.4, -0.2) is 63.4 Å². The molecule has 2 aromatic carbocycles. The molecule has 3 aromatic rings. The highest BCUT2D eigenvalue weighted by molar-refractivity contribution is 5.96. The molecule has 36 heavy (non-hydrogen) atoms. The van der Waals surface area contributed by atoms with Gasteiger partial charge < -0.3 is 24.8 Å². The fourth-order valence-electron chi connectivity index (χ4n) is 4.91. The number of aryl methyl sites for hydroxylation is 1. The van der Waals surface area contributed by atoms with Crippen LogP contribution < -0.4 is 10.1 Å². The molecular formula is C28H33N5O3. The molecule has 0 bridgehead atoms. The van der Waals surface area contributed by atoms with Crippen LogP contribution >= 0.6 is 0 Å². The van der Waals surface area contributed by atoms with Gasteiger partial charge in [0.05, 0.1) is 23.3 Å². The molecule has 0 fully saturated rings. The Hall–Kier alpha value is -3.81. The van der Waals surface area contributed by atoms with Crippen molar-refractivity contribution in [2.24, 2.45) is 0 Å². The van der Waals surface area contributed by atoms with Crippen LogP contribution in [0.4, 0.5) is 0 Å². The van der Waals surface area contributed by atoms with Gasteiger partial charge in [0, 0.05) is 24.7 Å². The van der Waals surface area contributed by atoms with Crippen LogP contribution in [0.25, 0.3) is 22.2 Å². The average Bonchev–Trinajstić information content (AvgIpc) is 3.30. The molecule has 2 aliphatic rings. The number of nitrogens with one attached hydrogen (secondary N) is 2. The molecule has 2 amide bonds. The number of carbonyl (C=O) groups is 2. The number of H-pyrrole nitrogens is 1. The largest absolute Gasteiger partial charge is 0.491 e. The minimum atomic E-state index is -0.401. The van der Waals surface area contributed by atoms with E-state index in [1.54, 1.807) is 4.90 Å². The second-order valence-electron chi connectivity index (χ2n) is 10.6. The van der Waals surface area contributed by atoms with E-state index in [9.17, 15) is 9.59 Å². The molecule has 1 aromatic heterocycles. The van der Waals surface area contributed by atoms with E-state index in [0.717, 1.165) is 39.3 Å². The van der Waals surface area contributed by atoms with Crippen LogP contribution in [0.2, 0.25) is 0 Å². The van der Waals surface area contributed by atoms with Gasteiger partial charge in [-0.1, -0.05) is 18.2 Å². The van der Waals surface area contributed by atoms with Crippen LogP contribution in [0.5, 0.6) is 5.75 Å². The van der Waals surface area contributed by atoms with Gasteiger partial charge in [-0.3, -0.25) is 9.59 Å². The fraction of sp³-hybridized carbons (Fsp3) is 0.393. The maximum absolute atomic E-state index is 13.6. The summed E-state index contributed by atoms with van der Waals surface area (Å²) >= 11 is 0. The van der Waals surface area contributed by atoms with Crippen molar-refractivity contribution in [1.29, 1.82) is 0 Å². The molecule has 0 saturated carbocycles. The van der Waals surface area contributed by atoms with Crippen molar-refractivity contribution in [2.75, 3.05) is 20.2 Å². The first-order valence-electron chi connectivity index (χ1n) is 12.4. The van der Waals surface area contributed by atoms with Gasteiger partial charge >= 0.3 is 0 Å². The van der Waals surface area contributed by atoms with Gasteiger partial charge in [-0.25, -0.2) is 4.98 Å².